The van der Waals surface area contributed by atoms with Crippen molar-refractivity contribution in [3.8, 4) is 0 Å². The van der Waals surface area contributed by atoms with Gasteiger partial charge in [0, 0.05) is 16.9 Å². The van der Waals surface area contributed by atoms with Crippen molar-refractivity contribution in [1.29, 1.82) is 10.8 Å². The third-order valence-electron chi connectivity index (χ3n) is 1.14. The van der Waals surface area contributed by atoms with Crippen molar-refractivity contribution < 1.29 is 4.74 Å². The molecule has 5 heteroatoms. The lowest BCUT2D eigenvalue weighted by Crippen LogP contribution is -2.03. The molecule has 0 saturated heterocycles. The first-order valence-electron chi connectivity index (χ1n) is 3.09. The summed E-state index contributed by atoms with van der Waals surface area (Å²) >= 11 is 3.21. The fourth-order valence-corrected chi connectivity index (χ4v) is 1.03. The minimum Gasteiger partial charge on any atom is -0.428 e. The molecule has 0 aliphatic rings. The number of rotatable bonds is 2. The Morgan fingerprint density at radius 2 is 2.33 bits per heavy atom. The van der Waals surface area contributed by atoms with Gasteiger partial charge in [-0.25, -0.2) is 0 Å². The van der Waals surface area contributed by atoms with Crippen LogP contribution in [0, 0.1) is 10.8 Å². The van der Waals surface area contributed by atoms with E-state index in [0.29, 0.717) is 12.0 Å². The van der Waals surface area contributed by atoms with Gasteiger partial charge in [0.15, 0.2) is 6.40 Å². The van der Waals surface area contributed by atoms with Crippen molar-refractivity contribution in [2.45, 2.75) is 0 Å². The van der Waals surface area contributed by atoms with Crippen molar-refractivity contribution in [3.63, 3.8) is 0 Å². The molecule has 0 aliphatic heterocycles. The Balaban J connectivity index is 2.87. The molecule has 0 saturated carbocycles. The molecule has 0 unspecified atom stereocenters. The zero-order valence-corrected chi connectivity index (χ0v) is 7.63. The van der Waals surface area contributed by atoms with Gasteiger partial charge in [-0.1, -0.05) is 0 Å². The Labute approximate surface area is 77.7 Å². The number of ether oxygens (including phenoxy) is 1. The zero-order valence-electron chi connectivity index (χ0n) is 6.04. The molecule has 0 aliphatic carbocycles. The maximum Gasteiger partial charge on any atom is 0.222 e. The SMILES string of the molecule is N=COC(=N)c1cncc(Br)c1. The molecule has 0 aromatic carbocycles. The number of hydrogen-bond acceptors (Lipinski definition) is 4. The molecule has 62 valence electrons. The lowest BCUT2D eigenvalue weighted by atomic mass is 10.3. The van der Waals surface area contributed by atoms with E-state index in [4.69, 9.17) is 10.8 Å². The van der Waals surface area contributed by atoms with Crippen molar-refractivity contribution >= 4 is 28.2 Å². The predicted molar refractivity (Wildman–Crippen MR) is 48.6 cm³/mol. The average molecular weight is 228 g/mol. The first kappa shape index (κ1) is 8.86. The molecule has 1 aromatic rings. The van der Waals surface area contributed by atoms with E-state index in [0.717, 1.165) is 4.47 Å². The maximum atomic E-state index is 7.29. The van der Waals surface area contributed by atoms with Crippen LogP contribution in [0.3, 0.4) is 0 Å². The van der Waals surface area contributed by atoms with Crippen molar-refractivity contribution in [1.82, 2.24) is 4.98 Å². The van der Waals surface area contributed by atoms with Gasteiger partial charge in [0.1, 0.15) is 0 Å². The summed E-state index contributed by atoms with van der Waals surface area (Å²) in [5, 5.41) is 13.9. The van der Waals surface area contributed by atoms with Gasteiger partial charge in [-0.15, -0.1) is 0 Å². The summed E-state index contributed by atoms with van der Waals surface area (Å²) in [6.45, 7) is 0. The summed E-state index contributed by atoms with van der Waals surface area (Å²) in [6, 6.07) is 1.69. The second kappa shape index (κ2) is 3.96. The van der Waals surface area contributed by atoms with Crippen LogP contribution in [0.15, 0.2) is 22.9 Å². The van der Waals surface area contributed by atoms with Crippen LogP contribution in [0.4, 0.5) is 0 Å². The highest BCUT2D eigenvalue weighted by atomic mass is 79.9. The lowest BCUT2D eigenvalue weighted by molar-refractivity contribution is 0.560. The van der Waals surface area contributed by atoms with Crippen molar-refractivity contribution in [2.24, 2.45) is 0 Å². The summed E-state index contributed by atoms with van der Waals surface area (Å²) < 4.78 is 5.32. The molecule has 12 heavy (non-hydrogen) atoms. The number of nitrogens with zero attached hydrogens (tertiary/aromatic N) is 1. The molecule has 0 bridgehead atoms. The van der Waals surface area contributed by atoms with Gasteiger partial charge in [0.05, 0.1) is 5.56 Å². The second-order valence-corrected chi connectivity index (χ2v) is 2.87. The number of hydrogen-bond donors (Lipinski definition) is 2. The number of nitrogens with one attached hydrogen (secondary N) is 2. The monoisotopic (exact) mass is 227 g/mol. The third kappa shape index (κ3) is 2.13. The average Bonchev–Trinajstić information content (AvgIpc) is 2.05. The molecule has 0 spiro atoms. The first-order chi connectivity index (χ1) is 5.74. The number of pyridine rings is 1. The fourth-order valence-electron chi connectivity index (χ4n) is 0.663. The van der Waals surface area contributed by atoms with Crippen molar-refractivity contribution in [2.75, 3.05) is 0 Å². The topological polar surface area (TPSA) is 69.8 Å². The summed E-state index contributed by atoms with van der Waals surface area (Å²) in [5.74, 6) is -0.0844. The quantitative estimate of drug-likeness (QED) is 0.598. The first-order valence-corrected chi connectivity index (χ1v) is 3.88. The largest absolute Gasteiger partial charge is 0.428 e. The molecular weight excluding hydrogens is 222 g/mol. The Kier molecular flexibility index (Phi) is 2.93. The van der Waals surface area contributed by atoms with Gasteiger partial charge in [0.25, 0.3) is 0 Å². The normalized spacial score (nSPS) is 9.08. The standard InChI is InChI=1S/C7H6BrN3O/c8-6-1-5(2-11-3-6)7(10)12-4-9/h1-4,9-10H. The van der Waals surface area contributed by atoms with Crippen LogP contribution in [-0.2, 0) is 4.74 Å². The van der Waals surface area contributed by atoms with E-state index in [2.05, 4.69) is 25.7 Å². The van der Waals surface area contributed by atoms with Gasteiger partial charge < -0.3 is 4.74 Å². The lowest BCUT2D eigenvalue weighted by Gasteiger charge is -2.00. The van der Waals surface area contributed by atoms with Gasteiger partial charge >= 0.3 is 0 Å². The fraction of sp³-hybridized carbons (Fsp3) is 0. The molecule has 1 rings (SSSR count). The molecule has 4 nitrogen and oxygen atoms in total. The molecule has 0 atom stereocenters. The Morgan fingerprint density at radius 3 is 2.92 bits per heavy atom. The maximum absolute atomic E-state index is 7.29. The number of halogens is 1. The molecule has 0 radical (unpaired) electrons. The summed E-state index contributed by atoms with van der Waals surface area (Å²) in [5.41, 5.74) is 0.535. The molecule has 1 aromatic heterocycles. The molecule has 2 N–H and O–H groups in total. The Bertz CT molecular complexity index is 313. The van der Waals surface area contributed by atoms with E-state index in [-0.39, 0.29) is 5.90 Å². The minimum atomic E-state index is -0.0844. The van der Waals surface area contributed by atoms with Gasteiger partial charge in [-0.2, -0.15) is 0 Å². The summed E-state index contributed by atoms with van der Waals surface area (Å²) in [7, 11) is 0. The van der Waals surface area contributed by atoms with E-state index in [1.165, 1.54) is 6.20 Å². The van der Waals surface area contributed by atoms with E-state index in [9.17, 15) is 0 Å². The highest BCUT2D eigenvalue weighted by Gasteiger charge is 2.01. The molecule has 0 fully saturated rings. The molecule has 0 amide bonds. The highest BCUT2D eigenvalue weighted by molar-refractivity contribution is 9.10. The van der Waals surface area contributed by atoms with Crippen molar-refractivity contribution in [3.05, 3.63) is 28.5 Å². The van der Waals surface area contributed by atoms with Gasteiger partial charge in [0.2, 0.25) is 5.90 Å². The summed E-state index contributed by atoms with van der Waals surface area (Å²) in [6.07, 6.45) is 3.82. The van der Waals surface area contributed by atoms with Crippen LogP contribution in [0.1, 0.15) is 5.56 Å². The Hall–Kier alpha value is -1.23. The second-order valence-electron chi connectivity index (χ2n) is 1.96. The van der Waals surface area contributed by atoms with Crippen LogP contribution in [0.25, 0.3) is 0 Å². The van der Waals surface area contributed by atoms with Crippen LogP contribution in [0.5, 0.6) is 0 Å². The van der Waals surface area contributed by atoms with Gasteiger partial charge in [-0.05, 0) is 22.0 Å². The van der Waals surface area contributed by atoms with E-state index in [1.54, 1.807) is 12.3 Å². The zero-order chi connectivity index (χ0) is 8.97. The van der Waals surface area contributed by atoms with E-state index < -0.39 is 0 Å². The van der Waals surface area contributed by atoms with Crippen LogP contribution < -0.4 is 0 Å². The molecular formula is C7H6BrN3O. The van der Waals surface area contributed by atoms with Crippen LogP contribution >= 0.6 is 15.9 Å². The number of aromatic nitrogens is 1. The van der Waals surface area contributed by atoms with Gasteiger partial charge in [-0.3, -0.25) is 15.8 Å². The molecule has 1 heterocycles. The highest BCUT2D eigenvalue weighted by Crippen LogP contribution is 2.09. The van der Waals surface area contributed by atoms with Crippen LogP contribution in [0.2, 0.25) is 0 Å². The third-order valence-corrected chi connectivity index (χ3v) is 1.58. The smallest absolute Gasteiger partial charge is 0.222 e. The predicted octanol–water partition coefficient (Wildman–Crippen LogP) is 1.79. The van der Waals surface area contributed by atoms with E-state index >= 15 is 0 Å². The Morgan fingerprint density at radius 1 is 1.58 bits per heavy atom. The minimum absolute atomic E-state index is 0.0844. The summed E-state index contributed by atoms with van der Waals surface area (Å²) in [4.78, 5) is 3.84. The van der Waals surface area contributed by atoms with Crippen LogP contribution in [-0.4, -0.2) is 17.3 Å². The van der Waals surface area contributed by atoms with E-state index in [1.807, 2.05) is 0 Å².